The van der Waals surface area contributed by atoms with Gasteiger partial charge in [-0.15, -0.1) is 0 Å². The first-order valence-electron chi connectivity index (χ1n) is 8.63. The van der Waals surface area contributed by atoms with Gasteiger partial charge in [0.2, 0.25) is 0 Å². The van der Waals surface area contributed by atoms with Crippen molar-refractivity contribution in [1.29, 1.82) is 0 Å². The molecule has 0 spiro atoms. The van der Waals surface area contributed by atoms with E-state index < -0.39 is 35.3 Å². The van der Waals surface area contributed by atoms with E-state index >= 15 is 0 Å². The molecule has 0 aliphatic heterocycles. The average Bonchev–Trinajstić information content (AvgIpc) is 2.60. The van der Waals surface area contributed by atoms with Crippen molar-refractivity contribution in [2.45, 2.75) is 39.3 Å². The molecule has 0 heterocycles. The van der Waals surface area contributed by atoms with Crippen LogP contribution in [-0.2, 0) is 20.5 Å². The molecule has 1 amide bonds. The van der Waals surface area contributed by atoms with Crippen LogP contribution in [0.25, 0.3) is 0 Å². The number of rotatable bonds is 9. The lowest BCUT2D eigenvalue weighted by Crippen LogP contribution is -2.26. The zero-order valence-corrected chi connectivity index (χ0v) is 15.6. The zero-order valence-electron chi connectivity index (χ0n) is 15.6. The summed E-state index contributed by atoms with van der Waals surface area (Å²) >= 11 is 0. The molecular weight excluding hydrogens is 379 g/mol. The Bertz CT molecular complexity index is 729. The summed E-state index contributed by atoms with van der Waals surface area (Å²) in [5, 5.41) is 2.48. The largest absolute Gasteiger partial charge is 0.465 e. The third-order valence-electron chi connectivity index (χ3n) is 3.36. The number of amides is 1. The fourth-order valence-corrected chi connectivity index (χ4v) is 2.09. The Kier molecular flexibility index (Phi) is 9.20. The number of carbonyl (C=O) groups excluding carboxylic acids is 3. The molecule has 0 aliphatic rings. The summed E-state index contributed by atoms with van der Waals surface area (Å²) in [4.78, 5) is 34.7. The van der Waals surface area contributed by atoms with Crippen molar-refractivity contribution in [2.75, 3.05) is 13.2 Å². The third kappa shape index (κ3) is 8.24. The van der Waals surface area contributed by atoms with Crippen LogP contribution in [0.3, 0.4) is 0 Å². The van der Waals surface area contributed by atoms with E-state index in [-0.39, 0.29) is 25.1 Å². The minimum absolute atomic E-state index is 0.0862. The third-order valence-corrected chi connectivity index (χ3v) is 3.36. The number of esters is 2. The first-order valence-corrected chi connectivity index (χ1v) is 8.63. The number of ether oxygens (including phenoxy) is 2. The van der Waals surface area contributed by atoms with Crippen LogP contribution < -0.4 is 10.1 Å². The molecule has 1 aromatic carbocycles. The summed E-state index contributed by atoms with van der Waals surface area (Å²) in [7, 11) is 0. The maximum Gasteiger partial charge on any atom is 0.416 e. The van der Waals surface area contributed by atoms with Crippen molar-refractivity contribution < 1.29 is 37.0 Å². The van der Waals surface area contributed by atoms with E-state index in [1.807, 2.05) is 13.0 Å². The van der Waals surface area contributed by atoms with Gasteiger partial charge >= 0.3 is 18.1 Å². The second-order valence-electron chi connectivity index (χ2n) is 5.72. The lowest BCUT2D eigenvalue weighted by atomic mass is 10.1. The number of hydrogen-bond donors (Lipinski definition) is 1. The van der Waals surface area contributed by atoms with Gasteiger partial charge in [0.15, 0.2) is 0 Å². The summed E-state index contributed by atoms with van der Waals surface area (Å²) in [5.41, 5.74) is -1.24. The van der Waals surface area contributed by atoms with Crippen LogP contribution in [0.4, 0.5) is 13.2 Å². The highest BCUT2D eigenvalue weighted by molar-refractivity contribution is 5.97. The number of carbonyl (C=O) groups is 3. The number of hydrogen-bond acceptors (Lipinski definition) is 5. The predicted octanol–water partition coefficient (Wildman–Crippen LogP) is 3.65. The summed E-state index contributed by atoms with van der Waals surface area (Å²) < 4.78 is 48.1. The number of alkyl halides is 3. The molecule has 0 aromatic heterocycles. The Balaban J connectivity index is 2.60. The van der Waals surface area contributed by atoms with E-state index in [1.165, 1.54) is 0 Å². The molecule has 1 rings (SSSR count). The fourth-order valence-electron chi connectivity index (χ4n) is 2.09. The van der Waals surface area contributed by atoms with Crippen molar-refractivity contribution >= 4 is 17.8 Å². The van der Waals surface area contributed by atoms with Gasteiger partial charge in [-0.1, -0.05) is 19.1 Å². The van der Waals surface area contributed by atoms with Crippen molar-refractivity contribution in [3.63, 3.8) is 0 Å². The Morgan fingerprint density at radius 2 is 1.89 bits per heavy atom. The highest BCUT2D eigenvalue weighted by Crippen LogP contribution is 2.33. The molecule has 0 saturated heterocycles. The Morgan fingerprint density at radius 3 is 2.50 bits per heavy atom. The van der Waals surface area contributed by atoms with Crippen LogP contribution in [0.1, 0.15) is 49.0 Å². The molecule has 154 valence electrons. The topological polar surface area (TPSA) is 81.7 Å². The molecule has 9 heteroatoms. The van der Waals surface area contributed by atoms with Gasteiger partial charge < -0.3 is 14.8 Å². The molecule has 0 fully saturated rings. The van der Waals surface area contributed by atoms with E-state index in [2.05, 4.69) is 5.32 Å². The highest BCUT2D eigenvalue weighted by Gasteiger charge is 2.32. The summed E-state index contributed by atoms with van der Waals surface area (Å²) in [6, 6.07) is 2.27. The Hall–Kier alpha value is -2.84. The number of halogens is 3. The van der Waals surface area contributed by atoms with Crippen LogP contribution in [-0.4, -0.2) is 31.0 Å². The molecule has 0 unspecified atom stereocenters. The maximum absolute atomic E-state index is 12.8. The van der Waals surface area contributed by atoms with Crippen LogP contribution in [0, 0.1) is 0 Å². The average molecular weight is 401 g/mol. The number of allylic oxidation sites excluding steroid dienone is 1. The molecule has 0 radical (unpaired) electrons. The molecule has 1 aromatic rings. The Labute approximate surface area is 160 Å². The van der Waals surface area contributed by atoms with E-state index in [0.29, 0.717) is 12.5 Å². The van der Waals surface area contributed by atoms with Gasteiger partial charge in [0.1, 0.15) is 5.75 Å². The zero-order chi connectivity index (χ0) is 21.2. The quantitative estimate of drug-likeness (QED) is 0.296. The van der Waals surface area contributed by atoms with Gasteiger partial charge in [-0.3, -0.25) is 14.4 Å². The van der Waals surface area contributed by atoms with Gasteiger partial charge in [0, 0.05) is 13.5 Å². The van der Waals surface area contributed by atoms with E-state index in [1.54, 1.807) is 6.08 Å². The normalized spacial score (nSPS) is 11.3. The van der Waals surface area contributed by atoms with Gasteiger partial charge in [-0.05, 0) is 31.0 Å². The first kappa shape index (κ1) is 23.2. The molecule has 0 bridgehead atoms. The minimum Gasteiger partial charge on any atom is -0.465 e. The monoisotopic (exact) mass is 401 g/mol. The predicted molar refractivity (Wildman–Crippen MR) is 94.7 cm³/mol. The highest BCUT2D eigenvalue weighted by atomic mass is 19.4. The van der Waals surface area contributed by atoms with E-state index in [0.717, 1.165) is 25.5 Å². The maximum atomic E-state index is 12.8. The lowest BCUT2D eigenvalue weighted by molar-refractivity contribution is -0.142. The lowest BCUT2D eigenvalue weighted by Gasteiger charge is -2.13. The SMILES string of the molecule is CC/C=C\CC(=O)OCCCNC(=O)c1ccc(C(F)(F)F)cc1OC(C)=O. The van der Waals surface area contributed by atoms with E-state index in [9.17, 15) is 27.6 Å². The van der Waals surface area contributed by atoms with Crippen LogP contribution in [0.15, 0.2) is 30.4 Å². The van der Waals surface area contributed by atoms with Crippen molar-refractivity contribution in [2.24, 2.45) is 0 Å². The molecule has 0 aliphatic carbocycles. The second-order valence-corrected chi connectivity index (χ2v) is 5.72. The molecule has 0 saturated carbocycles. The van der Waals surface area contributed by atoms with Crippen molar-refractivity contribution in [1.82, 2.24) is 5.32 Å². The molecule has 28 heavy (non-hydrogen) atoms. The summed E-state index contributed by atoms with van der Waals surface area (Å²) in [6.45, 7) is 3.17. The number of benzene rings is 1. The van der Waals surface area contributed by atoms with Crippen LogP contribution in [0.2, 0.25) is 0 Å². The van der Waals surface area contributed by atoms with Gasteiger partial charge in [0.05, 0.1) is 24.2 Å². The standard InChI is InChI=1S/C19H22F3NO5/c1-3-4-5-7-17(25)27-11-6-10-23-18(26)15-9-8-14(19(20,21)22)12-16(15)28-13(2)24/h4-5,8-9,12H,3,6-7,10-11H2,1-2H3,(H,23,26)/b5-4-. The summed E-state index contributed by atoms with van der Waals surface area (Å²) in [6.07, 6.45) is 0.201. The second kappa shape index (κ2) is 11.1. The van der Waals surface area contributed by atoms with Gasteiger partial charge in [-0.2, -0.15) is 13.2 Å². The fraction of sp³-hybridized carbons (Fsp3) is 0.421. The molecular formula is C19H22F3NO5. The Morgan fingerprint density at radius 1 is 1.18 bits per heavy atom. The summed E-state index contributed by atoms with van der Waals surface area (Å²) in [5.74, 6) is -2.43. The number of nitrogens with one attached hydrogen (secondary N) is 1. The smallest absolute Gasteiger partial charge is 0.416 e. The van der Waals surface area contributed by atoms with Gasteiger partial charge in [0.25, 0.3) is 5.91 Å². The molecule has 1 N–H and O–H groups in total. The first-order chi connectivity index (χ1) is 13.1. The van der Waals surface area contributed by atoms with Gasteiger partial charge in [-0.25, -0.2) is 0 Å². The van der Waals surface area contributed by atoms with Crippen molar-refractivity contribution in [3.05, 3.63) is 41.5 Å². The van der Waals surface area contributed by atoms with Crippen molar-refractivity contribution in [3.8, 4) is 5.75 Å². The van der Waals surface area contributed by atoms with E-state index in [4.69, 9.17) is 9.47 Å². The molecule has 0 atom stereocenters. The molecule has 6 nitrogen and oxygen atoms in total. The van der Waals surface area contributed by atoms with Crippen LogP contribution in [0.5, 0.6) is 5.75 Å². The van der Waals surface area contributed by atoms with Crippen LogP contribution >= 0.6 is 0 Å². The minimum atomic E-state index is -4.64.